The Morgan fingerprint density at radius 1 is 1.00 bits per heavy atom. The maximum atomic E-state index is 5.27. The molecule has 1 aromatic carbocycles. The molecule has 0 spiro atoms. The van der Waals surface area contributed by atoms with Crippen molar-refractivity contribution < 1.29 is 9.47 Å². The first-order valence-corrected chi connectivity index (χ1v) is 5.41. The van der Waals surface area contributed by atoms with Crippen molar-refractivity contribution in [2.75, 3.05) is 14.2 Å². The highest BCUT2D eigenvalue weighted by Crippen LogP contribution is 2.31. The van der Waals surface area contributed by atoms with Crippen LogP contribution < -0.4 is 9.47 Å². The van der Waals surface area contributed by atoms with E-state index in [0.717, 1.165) is 11.5 Å². The summed E-state index contributed by atoms with van der Waals surface area (Å²) in [5, 5.41) is 0. The molecule has 0 N–H and O–H groups in total. The maximum absolute atomic E-state index is 5.27. The predicted octanol–water partition coefficient (Wildman–Crippen LogP) is 3.56. The second-order valence-electron chi connectivity index (χ2n) is 4.32. The fourth-order valence-electron chi connectivity index (χ4n) is 1.69. The molecule has 1 aromatic rings. The number of allylic oxidation sites excluding steroid dienone is 2. The summed E-state index contributed by atoms with van der Waals surface area (Å²) < 4.78 is 10.5. The molecule has 0 fully saturated rings. The minimum Gasteiger partial charge on any atom is -0.497 e. The minimum absolute atomic E-state index is 0.0173. The lowest BCUT2D eigenvalue weighted by atomic mass is 9.84. The van der Waals surface area contributed by atoms with Gasteiger partial charge in [0.15, 0.2) is 0 Å². The largest absolute Gasteiger partial charge is 0.497 e. The van der Waals surface area contributed by atoms with Gasteiger partial charge in [0, 0.05) is 11.5 Å². The molecule has 0 aliphatic rings. The van der Waals surface area contributed by atoms with E-state index in [1.807, 2.05) is 25.1 Å². The highest BCUT2D eigenvalue weighted by atomic mass is 16.5. The van der Waals surface area contributed by atoms with E-state index in [1.165, 1.54) is 5.56 Å². The smallest absolute Gasteiger partial charge is 0.122 e. The van der Waals surface area contributed by atoms with E-state index < -0.39 is 0 Å². The molecule has 16 heavy (non-hydrogen) atoms. The molecule has 2 heteroatoms. The first-order chi connectivity index (χ1) is 7.53. The Kier molecular flexibility index (Phi) is 3.99. The van der Waals surface area contributed by atoms with Crippen LogP contribution in [0, 0.1) is 0 Å². The second-order valence-corrected chi connectivity index (χ2v) is 4.32. The summed E-state index contributed by atoms with van der Waals surface area (Å²) in [4.78, 5) is 0. The average Bonchev–Trinajstić information content (AvgIpc) is 2.28. The van der Waals surface area contributed by atoms with Crippen LogP contribution >= 0.6 is 0 Å². The van der Waals surface area contributed by atoms with E-state index in [2.05, 4.69) is 26.0 Å². The van der Waals surface area contributed by atoms with Gasteiger partial charge in [-0.05, 0) is 24.6 Å². The van der Waals surface area contributed by atoms with Crippen LogP contribution in [0.2, 0.25) is 0 Å². The molecule has 0 radical (unpaired) electrons. The van der Waals surface area contributed by atoms with Crippen molar-refractivity contribution in [3.05, 3.63) is 35.9 Å². The molecule has 0 heterocycles. The second kappa shape index (κ2) is 5.06. The van der Waals surface area contributed by atoms with Crippen molar-refractivity contribution in [1.82, 2.24) is 0 Å². The molecule has 0 saturated heterocycles. The zero-order chi connectivity index (χ0) is 12.2. The zero-order valence-corrected chi connectivity index (χ0v) is 10.7. The summed E-state index contributed by atoms with van der Waals surface area (Å²) in [7, 11) is 3.34. The fourth-order valence-corrected chi connectivity index (χ4v) is 1.69. The predicted molar refractivity (Wildman–Crippen MR) is 67.4 cm³/mol. The lowest BCUT2D eigenvalue weighted by Gasteiger charge is -2.22. The van der Waals surface area contributed by atoms with Gasteiger partial charge in [0.25, 0.3) is 0 Å². The molecular formula is C14H20O2. The molecule has 0 aromatic heterocycles. The molecule has 88 valence electrons. The standard InChI is InChI=1S/C14H20O2/c1-6-7-14(2,3)11-8-12(15-4)10-13(9-11)16-5/h6-10H,1-5H3. The van der Waals surface area contributed by atoms with Crippen LogP contribution in [0.3, 0.4) is 0 Å². The molecule has 0 bridgehead atoms. The molecule has 0 saturated carbocycles. The summed E-state index contributed by atoms with van der Waals surface area (Å²) in [6.07, 6.45) is 4.23. The molecular weight excluding hydrogens is 200 g/mol. The molecule has 2 nitrogen and oxygen atoms in total. The Morgan fingerprint density at radius 3 is 1.88 bits per heavy atom. The van der Waals surface area contributed by atoms with Gasteiger partial charge in [-0.3, -0.25) is 0 Å². The number of benzene rings is 1. The normalized spacial score (nSPS) is 11.8. The monoisotopic (exact) mass is 220 g/mol. The summed E-state index contributed by atoms with van der Waals surface area (Å²) in [5.41, 5.74) is 1.16. The van der Waals surface area contributed by atoms with Gasteiger partial charge in [-0.25, -0.2) is 0 Å². The van der Waals surface area contributed by atoms with E-state index in [-0.39, 0.29) is 5.41 Å². The van der Waals surface area contributed by atoms with Crippen LogP contribution in [-0.2, 0) is 5.41 Å². The van der Waals surface area contributed by atoms with Gasteiger partial charge >= 0.3 is 0 Å². The highest BCUT2D eigenvalue weighted by Gasteiger charge is 2.18. The fraction of sp³-hybridized carbons (Fsp3) is 0.429. The lowest BCUT2D eigenvalue weighted by molar-refractivity contribution is 0.392. The summed E-state index contributed by atoms with van der Waals surface area (Å²) >= 11 is 0. The maximum Gasteiger partial charge on any atom is 0.122 e. The first kappa shape index (κ1) is 12.6. The summed E-state index contributed by atoms with van der Waals surface area (Å²) in [6, 6.07) is 5.97. The van der Waals surface area contributed by atoms with Gasteiger partial charge in [-0.1, -0.05) is 26.0 Å². The summed E-state index contributed by atoms with van der Waals surface area (Å²) in [6.45, 7) is 6.36. The van der Waals surface area contributed by atoms with Crippen LogP contribution in [0.5, 0.6) is 11.5 Å². The number of hydrogen-bond acceptors (Lipinski definition) is 2. The van der Waals surface area contributed by atoms with Gasteiger partial charge in [0.2, 0.25) is 0 Å². The molecule has 0 unspecified atom stereocenters. The number of ether oxygens (including phenoxy) is 2. The number of hydrogen-bond donors (Lipinski definition) is 0. The van der Waals surface area contributed by atoms with E-state index in [1.54, 1.807) is 14.2 Å². The quantitative estimate of drug-likeness (QED) is 0.722. The third-order valence-electron chi connectivity index (χ3n) is 2.68. The first-order valence-electron chi connectivity index (χ1n) is 5.41. The van der Waals surface area contributed by atoms with Crippen molar-refractivity contribution in [1.29, 1.82) is 0 Å². The Bertz CT molecular complexity index is 356. The number of rotatable bonds is 4. The van der Waals surface area contributed by atoms with Gasteiger partial charge < -0.3 is 9.47 Å². The zero-order valence-electron chi connectivity index (χ0n) is 10.7. The molecule has 0 aliphatic carbocycles. The van der Waals surface area contributed by atoms with Crippen molar-refractivity contribution in [2.45, 2.75) is 26.2 Å². The van der Waals surface area contributed by atoms with Crippen LogP contribution in [0.15, 0.2) is 30.4 Å². The van der Waals surface area contributed by atoms with E-state index >= 15 is 0 Å². The molecule has 1 rings (SSSR count). The lowest BCUT2D eigenvalue weighted by Crippen LogP contribution is -2.13. The SMILES string of the molecule is CC=CC(C)(C)c1cc(OC)cc(OC)c1. The third-order valence-corrected chi connectivity index (χ3v) is 2.68. The molecule has 0 amide bonds. The van der Waals surface area contributed by atoms with Gasteiger partial charge in [-0.2, -0.15) is 0 Å². The van der Waals surface area contributed by atoms with E-state index in [0.29, 0.717) is 0 Å². The minimum atomic E-state index is -0.0173. The highest BCUT2D eigenvalue weighted by molar-refractivity contribution is 5.43. The van der Waals surface area contributed by atoms with Crippen LogP contribution in [0.4, 0.5) is 0 Å². The Morgan fingerprint density at radius 2 is 1.50 bits per heavy atom. The van der Waals surface area contributed by atoms with Crippen LogP contribution in [-0.4, -0.2) is 14.2 Å². The Labute approximate surface area is 97.9 Å². The van der Waals surface area contributed by atoms with Crippen molar-refractivity contribution in [3.8, 4) is 11.5 Å². The van der Waals surface area contributed by atoms with Crippen molar-refractivity contribution in [2.24, 2.45) is 0 Å². The Hall–Kier alpha value is -1.44. The van der Waals surface area contributed by atoms with E-state index in [9.17, 15) is 0 Å². The van der Waals surface area contributed by atoms with Crippen LogP contribution in [0.25, 0.3) is 0 Å². The summed E-state index contributed by atoms with van der Waals surface area (Å²) in [5.74, 6) is 1.65. The van der Waals surface area contributed by atoms with Crippen molar-refractivity contribution in [3.63, 3.8) is 0 Å². The average molecular weight is 220 g/mol. The topological polar surface area (TPSA) is 18.5 Å². The van der Waals surface area contributed by atoms with Gasteiger partial charge in [-0.15, -0.1) is 0 Å². The van der Waals surface area contributed by atoms with Gasteiger partial charge in [0.1, 0.15) is 11.5 Å². The van der Waals surface area contributed by atoms with Crippen LogP contribution in [0.1, 0.15) is 26.3 Å². The number of methoxy groups -OCH3 is 2. The molecule has 0 aliphatic heterocycles. The third kappa shape index (κ3) is 2.78. The van der Waals surface area contributed by atoms with Crippen molar-refractivity contribution >= 4 is 0 Å². The van der Waals surface area contributed by atoms with E-state index in [4.69, 9.17) is 9.47 Å². The van der Waals surface area contributed by atoms with Gasteiger partial charge in [0.05, 0.1) is 14.2 Å². The Balaban J connectivity index is 3.22. The molecule has 0 atom stereocenters.